The van der Waals surface area contributed by atoms with E-state index in [-0.39, 0.29) is 17.3 Å². The number of carbonyl (C=O) groups is 1. The van der Waals surface area contributed by atoms with Gasteiger partial charge in [-0.15, -0.1) is 0 Å². The maximum Gasteiger partial charge on any atom is 0.241 e. The fourth-order valence-corrected chi connectivity index (χ4v) is 3.63. The van der Waals surface area contributed by atoms with E-state index in [0.717, 1.165) is 25.7 Å². The van der Waals surface area contributed by atoms with Crippen LogP contribution in [0.2, 0.25) is 5.02 Å². The zero-order valence-electron chi connectivity index (χ0n) is 12.6. The Kier molecular flexibility index (Phi) is 5.83. The number of sulfonamides is 1. The first-order chi connectivity index (χ1) is 10.4. The van der Waals surface area contributed by atoms with Crippen LogP contribution in [0.15, 0.2) is 23.1 Å². The third-order valence-electron chi connectivity index (χ3n) is 3.81. The molecular weight excluding hydrogens is 324 g/mol. The maximum absolute atomic E-state index is 12.2. The lowest BCUT2D eigenvalue weighted by Gasteiger charge is -2.20. The molecular formula is C15H21ClN2O3S. The molecule has 0 spiro atoms. The van der Waals surface area contributed by atoms with Gasteiger partial charge in [0.1, 0.15) is 0 Å². The predicted octanol–water partition coefficient (Wildman–Crippen LogP) is 2.33. The molecule has 22 heavy (non-hydrogen) atoms. The van der Waals surface area contributed by atoms with E-state index in [0.29, 0.717) is 23.7 Å². The van der Waals surface area contributed by atoms with Crippen molar-refractivity contribution in [3.05, 3.63) is 28.8 Å². The van der Waals surface area contributed by atoms with Crippen LogP contribution in [0, 0.1) is 6.92 Å². The van der Waals surface area contributed by atoms with Crippen molar-refractivity contribution in [2.75, 3.05) is 19.6 Å². The van der Waals surface area contributed by atoms with E-state index in [1.807, 2.05) is 0 Å². The van der Waals surface area contributed by atoms with Gasteiger partial charge in [-0.25, -0.2) is 13.1 Å². The number of amides is 1. The van der Waals surface area contributed by atoms with Gasteiger partial charge >= 0.3 is 0 Å². The third-order valence-corrected chi connectivity index (χ3v) is 5.63. The first-order valence-electron chi connectivity index (χ1n) is 7.44. The third kappa shape index (κ3) is 4.44. The van der Waals surface area contributed by atoms with Gasteiger partial charge in [0.05, 0.1) is 11.4 Å². The van der Waals surface area contributed by atoms with Crippen LogP contribution in [0.1, 0.15) is 31.2 Å². The number of halogens is 1. The van der Waals surface area contributed by atoms with Crippen LogP contribution in [-0.4, -0.2) is 38.9 Å². The van der Waals surface area contributed by atoms with Crippen molar-refractivity contribution >= 4 is 27.5 Å². The highest BCUT2D eigenvalue weighted by atomic mass is 35.5. The highest BCUT2D eigenvalue weighted by molar-refractivity contribution is 7.89. The minimum atomic E-state index is -3.70. The van der Waals surface area contributed by atoms with Gasteiger partial charge < -0.3 is 4.90 Å². The molecule has 5 nitrogen and oxygen atoms in total. The van der Waals surface area contributed by atoms with Crippen molar-refractivity contribution in [3.8, 4) is 0 Å². The molecule has 1 N–H and O–H groups in total. The fraction of sp³-hybridized carbons (Fsp3) is 0.533. The lowest BCUT2D eigenvalue weighted by molar-refractivity contribution is -0.129. The van der Waals surface area contributed by atoms with Crippen LogP contribution < -0.4 is 4.72 Å². The van der Waals surface area contributed by atoms with E-state index in [2.05, 4.69) is 4.72 Å². The maximum atomic E-state index is 12.2. The molecule has 1 aromatic rings. The topological polar surface area (TPSA) is 66.5 Å². The average molecular weight is 345 g/mol. The molecule has 1 aliphatic rings. The first kappa shape index (κ1) is 17.2. The van der Waals surface area contributed by atoms with E-state index >= 15 is 0 Å². The summed E-state index contributed by atoms with van der Waals surface area (Å²) in [4.78, 5) is 14.0. The molecule has 0 aromatic heterocycles. The summed E-state index contributed by atoms with van der Waals surface area (Å²) in [6.45, 7) is 2.95. The molecule has 0 bridgehead atoms. The van der Waals surface area contributed by atoms with Gasteiger partial charge in [-0.1, -0.05) is 24.4 Å². The largest absolute Gasteiger partial charge is 0.342 e. The van der Waals surface area contributed by atoms with E-state index < -0.39 is 10.0 Å². The smallest absolute Gasteiger partial charge is 0.241 e. The molecule has 1 heterocycles. The van der Waals surface area contributed by atoms with E-state index in [4.69, 9.17) is 11.6 Å². The van der Waals surface area contributed by atoms with Gasteiger partial charge in [-0.3, -0.25) is 4.79 Å². The Morgan fingerprint density at radius 1 is 1.23 bits per heavy atom. The molecule has 0 unspecified atom stereocenters. The number of benzene rings is 1. The van der Waals surface area contributed by atoms with Crippen molar-refractivity contribution < 1.29 is 13.2 Å². The standard InChI is InChI=1S/C15H21ClN2O3S/c1-12-10-13(6-7-14(12)16)22(20,21)17-11-15(19)18-8-4-2-3-5-9-18/h6-7,10,17H,2-5,8-9,11H2,1H3. The zero-order valence-corrected chi connectivity index (χ0v) is 14.2. The number of rotatable bonds is 4. The molecule has 0 atom stereocenters. The molecule has 1 amide bonds. The van der Waals surface area contributed by atoms with Crippen LogP contribution in [0.3, 0.4) is 0 Å². The summed E-state index contributed by atoms with van der Waals surface area (Å²) in [5.74, 6) is -0.170. The van der Waals surface area contributed by atoms with E-state index in [9.17, 15) is 13.2 Å². The Morgan fingerprint density at radius 3 is 2.45 bits per heavy atom. The van der Waals surface area contributed by atoms with Gasteiger partial charge in [-0.2, -0.15) is 0 Å². The quantitative estimate of drug-likeness (QED) is 0.911. The highest BCUT2D eigenvalue weighted by Crippen LogP contribution is 2.19. The van der Waals surface area contributed by atoms with E-state index in [1.165, 1.54) is 12.1 Å². The summed E-state index contributed by atoms with van der Waals surface area (Å²) in [7, 11) is -3.70. The number of nitrogens with zero attached hydrogens (tertiary/aromatic N) is 1. The second kappa shape index (κ2) is 7.44. The van der Waals surface area contributed by atoms with Crippen molar-refractivity contribution in [2.24, 2.45) is 0 Å². The van der Waals surface area contributed by atoms with Gasteiger partial charge in [-0.05, 0) is 43.5 Å². The average Bonchev–Trinajstić information content (AvgIpc) is 2.76. The molecule has 1 fully saturated rings. The van der Waals surface area contributed by atoms with Crippen LogP contribution in [0.4, 0.5) is 0 Å². The second-order valence-electron chi connectivity index (χ2n) is 5.53. The molecule has 7 heteroatoms. The molecule has 1 aliphatic heterocycles. The van der Waals surface area contributed by atoms with Crippen LogP contribution in [0.25, 0.3) is 0 Å². The number of aryl methyl sites for hydroxylation is 1. The van der Waals surface area contributed by atoms with Crippen molar-refractivity contribution in [3.63, 3.8) is 0 Å². The highest BCUT2D eigenvalue weighted by Gasteiger charge is 2.20. The van der Waals surface area contributed by atoms with Crippen LogP contribution in [0.5, 0.6) is 0 Å². The second-order valence-corrected chi connectivity index (χ2v) is 7.70. The Morgan fingerprint density at radius 2 is 1.86 bits per heavy atom. The first-order valence-corrected chi connectivity index (χ1v) is 9.30. The monoisotopic (exact) mass is 344 g/mol. The Balaban J connectivity index is 1.99. The number of hydrogen-bond donors (Lipinski definition) is 1. The van der Waals surface area contributed by atoms with E-state index in [1.54, 1.807) is 17.9 Å². The van der Waals surface area contributed by atoms with Gasteiger partial charge in [0.15, 0.2) is 0 Å². The predicted molar refractivity (Wildman–Crippen MR) is 86.4 cm³/mol. The molecule has 1 saturated heterocycles. The van der Waals surface area contributed by atoms with Crippen molar-refractivity contribution in [2.45, 2.75) is 37.5 Å². The minimum Gasteiger partial charge on any atom is -0.342 e. The SMILES string of the molecule is Cc1cc(S(=O)(=O)NCC(=O)N2CCCCCC2)ccc1Cl. The number of hydrogen-bond acceptors (Lipinski definition) is 3. The Hall–Kier alpha value is -1.11. The van der Waals surface area contributed by atoms with Gasteiger partial charge in [0.25, 0.3) is 0 Å². The molecule has 0 saturated carbocycles. The molecule has 1 aromatic carbocycles. The molecule has 2 rings (SSSR count). The molecule has 0 radical (unpaired) electrons. The Bertz CT molecular complexity index is 638. The number of nitrogens with one attached hydrogen (secondary N) is 1. The summed E-state index contributed by atoms with van der Waals surface area (Å²) >= 11 is 5.90. The molecule has 0 aliphatic carbocycles. The number of likely N-dealkylation sites (tertiary alicyclic amines) is 1. The minimum absolute atomic E-state index is 0.123. The zero-order chi connectivity index (χ0) is 16.2. The summed E-state index contributed by atoms with van der Waals surface area (Å²) in [6.07, 6.45) is 4.21. The van der Waals surface area contributed by atoms with Crippen LogP contribution in [-0.2, 0) is 14.8 Å². The van der Waals surface area contributed by atoms with Crippen molar-refractivity contribution in [1.82, 2.24) is 9.62 Å². The lowest BCUT2D eigenvalue weighted by atomic mass is 10.2. The van der Waals surface area contributed by atoms with Gasteiger partial charge in [0, 0.05) is 18.1 Å². The Labute approximate surface area is 136 Å². The lowest BCUT2D eigenvalue weighted by Crippen LogP contribution is -2.40. The summed E-state index contributed by atoms with van der Waals surface area (Å²) < 4.78 is 26.8. The normalized spacial score (nSPS) is 16.4. The fourth-order valence-electron chi connectivity index (χ4n) is 2.46. The number of carbonyl (C=O) groups excluding carboxylic acids is 1. The van der Waals surface area contributed by atoms with Crippen LogP contribution >= 0.6 is 11.6 Å². The summed E-state index contributed by atoms with van der Waals surface area (Å²) in [5.41, 5.74) is 0.684. The van der Waals surface area contributed by atoms with Gasteiger partial charge in [0.2, 0.25) is 15.9 Å². The summed E-state index contributed by atoms with van der Waals surface area (Å²) in [5, 5.41) is 0.514. The van der Waals surface area contributed by atoms with Crippen molar-refractivity contribution in [1.29, 1.82) is 0 Å². The molecule has 122 valence electrons. The summed E-state index contributed by atoms with van der Waals surface area (Å²) in [6, 6.07) is 4.48.